The summed E-state index contributed by atoms with van der Waals surface area (Å²) in [4.78, 5) is 12.6. The van der Waals surface area contributed by atoms with Crippen LogP contribution in [0.25, 0.3) is 11.1 Å². The van der Waals surface area contributed by atoms with Crippen LogP contribution in [0.2, 0.25) is 0 Å². The van der Waals surface area contributed by atoms with Crippen LogP contribution in [-0.4, -0.2) is 18.7 Å². The van der Waals surface area contributed by atoms with Crippen molar-refractivity contribution in [3.05, 3.63) is 100 Å². The van der Waals surface area contributed by atoms with Crippen molar-refractivity contribution >= 4 is 5.97 Å². The Hall–Kier alpha value is -3.75. The summed E-state index contributed by atoms with van der Waals surface area (Å²) in [7, 11) is 0. The lowest BCUT2D eigenvalue weighted by Crippen LogP contribution is -2.25. The first-order valence-electron chi connectivity index (χ1n) is 13.6. The van der Waals surface area contributed by atoms with Crippen LogP contribution in [0.1, 0.15) is 73.4 Å². The lowest BCUT2D eigenvalue weighted by molar-refractivity contribution is 0.0188. The highest BCUT2D eigenvalue weighted by Crippen LogP contribution is 2.39. The Morgan fingerprint density at radius 2 is 1.46 bits per heavy atom. The normalized spacial score (nSPS) is 17.2. The van der Waals surface area contributed by atoms with Crippen molar-refractivity contribution in [2.24, 2.45) is 0 Å². The number of allylic oxidation sites excluding steroid dienone is 2. The minimum atomic E-state index is -1.34. The molecule has 1 saturated carbocycles. The summed E-state index contributed by atoms with van der Waals surface area (Å²) < 4.78 is 98.5. The summed E-state index contributed by atoms with van der Waals surface area (Å²) >= 11 is 0. The SMILES string of the molecule is CC=CCCc1ccc(C(=O)OC2CCC(c3ccc(-c4ccc(OCC)c(F)c4F)c(F)c3F)CC2)c(F)c1F. The molecule has 0 N–H and O–H groups in total. The lowest BCUT2D eigenvalue weighted by atomic mass is 9.82. The van der Waals surface area contributed by atoms with Gasteiger partial charge in [0.2, 0.25) is 5.82 Å². The molecule has 0 aromatic heterocycles. The first-order chi connectivity index (χ1) is 19.7. The fourth-order valence-electron chi connectivity index (χ4n) is 5.15. The second-order valence-electron chi connectivity index (χ2n) is 9.89. The number of carbonyl (C=O) groups excluding carboxylic acids is 1. The standard InChI is InChI=1S/C32H30F6O3/c1-3-5-6-7-19-10-13-24(30(37)26(19)33)32(39)41-20-11-8-18(9-12-20)21-14-15-22(28(35)27(21)34)23-16-17-25(40-4-2)31(38)29(23)36/h3,5,10,13-18,20H,4,6-9,11-12H2,1-2H3. The van der Waals surface area contributed by atoms with Gasteiger partial charge in [0.05, 0.1) is 12.2 Å². The molecule has 0 saturated heterocycles. The monoisotopic (exact) mass is 576 g/mol. The molecule has 3 aromatic carbocycles. The van der Waals surface area contributed by atoms with Crippen molar-refractivity contribution in [2.75, 3.05) is 6.61 Å². The zero-order chi connectivity index (χ0) is 29.7. The van der Waals surface area contributed by atoms with E-state index in [9.17, 15) is 22.4 Å². The minimum absolute atomic E-state index is 0.0736. The molecule has 1 aliphatic carbocycles. The van der Waals surface area contributed by atoms with Crippen molar-refractivity contribution in [3.63, 3.8) is 0 Å². The van der Waals surface area contributed by atoms with Gasteiger partial charge in [-0.25, -0.2) is 26.7 Å². The largest absolute Gasteiger partial charge is 0.491 e. The van der Waals surface area contributed by atoms with Gasteiger partial charge in [-0.2, -0.15) is 4.39 Å². The summed E-state index contributed by atoms with van der Waals surface area (Å²) in [6, 6.07) is 7.41. The van der Waals surface area contributed by atoms with Gasteiger partial charge in [-0.05, 0) is 87.6 Å². The first-order valence-corrected chi connectivity index (χ1v) is 13.6. The van der Waals surface area contributed by atoms with E-state index in [4.69, 9.17) is 9.47 Å². The maximum atomic E-state index is 15.1. The molecular weight excluding hydrogens is 546 g/mol. The molecule has 9 heteroatoms. The van der Waals surface area contributed by atoms with Crippen molar-refractivity contribution in [1.29, 1.82) is 0 Å². The molecule has 4 rings (SSSR count). The van der Waals surface area contributed by atoms with Gasteiger partial charge in [0, 0.05) is 11.1 Å². The third-order valence-corrected chi connectivity index (χ3v) is 7.34. The van der Waals surface area contributed by atoms with Gasteiger partial charge in [0.15, 0.2) is 34.8 Å². The number of carbonyl (C=O) groups is 1. The van der Waals surface area contributed by atoms with Crippen LogP contribution >= 0.6 is 0 Å². The molecule has 0 aliphatic heterocycles. The highest BCUT2D eigenvalue weighted by Gasteiger charge is 2.30. The average Bonchev–Trinajstić information content (AvgIpc) is 2.96. The molecule has 0 bridgehead atoms. The Morgan fingerprint density at radius 3 is 2.12 bits per heavy atom. The van der Waals surface area contributed by atoms with Gasteiger partial charge in [-0.3, -0.25) is 0 Å². The summed E-state index contributed by atoms with van der Waals surface area (Å²) in [5, 5.41) is 0. The molecule has 0 spiro atoms. The van der Waals surface area contributed by atoms with E-state index in [1.165, 1.54) is 24.3 Å². The molecule has 0 unspecified atom stereocenters. The number of esters is 1. The van der Waals surface area contributed by atoms with Crippen LogP contribution in [0.15, 0.2) is 48.6 Å². The Morgan fingerprint density at radius 1 is 0.805 bits per heavy atom. The van der Waals surface area contributed by atoms with E-state index in [2.05, 4.69) is 0 Å². The van der Waals surface area contributed by atoms with Crippen LogP contribution in [0.3, 0.4) is 0 Å². The summed E-state index contributed by atoms with van der Waals surface area (Å²) in [6.45, 7) is 3.53. The average molecular weight is 577 g/mol. The molecule has 0 radical (unpaired) electrons. The van der Waals surface area contributed by atoms with Crippen LogP contribution < -0.4 is 4.74 Å². The Bertz CT molecular complexity index is 1440. The molecule has 218 valence electrons. The number of ether oxygens (including phenoxy) is 2. The fraction of sp³-hybridized carbons (Fsp3) is 0.344. The van der Waals surface area contributed by atoms with Crippen molar-refractivity contribution in [2.45, 2.75) is 64.4 Å². The Balaban J connectivity index is 1.42. The van der Waals surface area contributed by atoms with E-state index in [-0.39, 0.29) is 29.9 Å². The van der Waals surface area contributed by atoms with E-state index in [0.29, 0.717) is 32.1 Å². The highest BCUT2D eigenvalue weighted by atomic mass is 19.2. The van der Waals surface area contributed by atoms with Crippen molar-refractivity contribution < 1.29 is 40.6 Å². The van der Waals surface area contributed by atoms with Crippen LogP contribution in [-0.2, 0) is 11.2 Å². The van der Waals surface area contributed by atoms with Crippen LogP contribution in [0.4, 0.5) is 26.3 Å². The van der Waals surface area contributed by atoms with Gasteiger partial charge in [0.1, 0.15) is 6.10 Å². The quantitative estimate of drug-likeness (QED) is 0.145. The van der Waals surface area contributed by atoms with E-state index in [0.717, 1.165) is 12.1 Å². The van der Waals surface area contributed by atoms with Gasteiger partial charge < -0.3 is 9.47 Å². The zero-order valence-corrected chi connectivity index (χ0v) is 22.7. The number of benzene rings is 3. The van der Waals surface area contributed by atoms with Crippen LogP contribution in [0.5, 0.6) is 5.75 Å². The third kappa shape index (κ3) is 6.44. The molecule has 0 amide bonds. The molecule has 41 heavy (non-hydrogen) atoms. The minimum Gasteiger partial charge on any atom is -0.491 e. The Kier molecular flexibility index (Phi) is 9.78. The molecular formula is C32H30F6O3. The highest BCUT2D eigenvalue weighted by molar-refractivity contribution is 5.90. The number of hydrogen-bond donors (Lipinski definition) is 0. The maximum Gasteiger partial charge on any atom is 0.341 e. The molecule has 0 heterocycles. The summed E-state index contributed by atoms with van der Waals surface area (Å²) in [5.41, 5.74) is -1.12. The lowest BCUT2D eigenvalue weighted by Gasteiger charge is -2.29. The molecule has 3 aromatic rings. The van der Waals surface area contributed by atoms with Crippen LogP contribution in [0, 0.1) is 34.9 Å². The van der Waals surface area contributed by atoms with Gasteiger partial charge in [0.25, 0.3) is 0 Å². The number of aryl methyl sites for hydroxylation is 1. The predicted octanol–water partition coefficient (Wildman–Crippen LogP) is 8.98. The third-order valence-electron chi connectivity index (χ3n) is 7.34. The number of rotatable bonds is 9. The van der Waals surface area contributed by atoms with E-state index in [1.807, 2.05) is 19.1 Å². The Labute approximate surface area is 234 Å². The molecule has 3 nitrogen and oxygen atoms in total. The molecule has 1 aliphatic rings. The second-order valence-corrected chi connectivity index (χ2v) is 9.89. The molecule has 1 fully saturated rings. The summed E-state index contributed by atoms with van der Waals surface area (Å²) in [5.74, 6) is -9.17. The topological polar surface area (TPSA) is 35.5 Å². The van der Waals surface area contributed by atoms with Crippen molar-refractivity contribution in [1.82, 2.24) is 0 Å². The van der Waals surface area contributed by atoms with Crippen molar-refractivity contribution in [3.8, 4) is 16.9 Å². The van der Waals surface area contributed by atoms with E-state index >= 15 is 8.78 Å². The second kappa shape index (κ2) is 13.3. The number of halogens is 6. The summed E-state index contributed by atoms with van der Waals surface area (Å²) in [6.07, 6.45) is 5.10. The first kappa shape index (κ1) is 30.2. The number of hydrogen-bond acceptors (Lipinski definition) is 3. The van der Waals surface area contributed by atoms with E-state index in [1.54, 1.807) is 6.92 Å². The van der Waals surface area contributed by atoms with Gasteiger partial charge in [-0.15, -0.1) is 0 Å². The predicted molar refractivity (Wildman–Crippen MR) is 143 cm³/mol. The van der Waals surface area contributed by atoms with Gasteiger partial charge in [-0.1, -0.05) is 30.4 Å². The fourth-order valence-corrected chi connectivity index (χ4v) is 5.15. The van der Waals surface area contributed by atoms with Gasteiger partial charge >= 0.3 is 5.97 Å². The smallest absolute Gasteiger partial charge is 0.341 e. The maximum absolute atomic E-state index is 15.1. The van der Waals surface area contributed by atoms with E-state index < -0.39 is 69.6 Å². The zero-order valence-electron chi connectivity index (χ0n) is 22.7. The molecule has 0 atom stereocenters.